The number of nitrogens with zero attached hydrogens (tertiary/aromatic N) is 3. The Morgan fingerprint density at radius 1 is 1.17 bits per heavy atom. The molecule has 3 amide bonds. The minimum Gasteiger partial charge on any atom is -0.459 e. The third kappa shape index (κ3) is 4.59. The van der Waals surface area contributed by atoms with Crippen molar-refractivity contribution in [2.45, 2.75) is 20.8 Å². The zero-order valence-electron chi connectivity index (χ0n) is 14.5. The predicted octanol–water partition coefficient (Wildman–Crippen LogP) is 1.07. The number of furan rings is 1. The summed E-state index contributed by atoms with van der Waals surface area (Å²) in [7, 11) is 0. The van der Waals surface area contributed by atoms with E-state index < -0.39 is 0 Å². The average molecular weight is 335 g/mol. The maximum Gasteiger partial charge on any atom is 0.289 e. The Morgan fingerprint density at radius 2 is 1.79 bits per heavy atom. The van der Waals surface area contributed by atoms with Crippen LogP contribution < -0.4 is 0 Å². The molecular formula is C17H25N3O4. The van der Waals surface area contributed by atoms with Crippen LogP contribution in [0, 0.1) is 5.92 Å². The quantitative estimate of drug-likeness (QED) is 0.807. The minimum atomic E-state index is -0.155. The number of carbonyl (C=O) groups excluding carboxylic acids is 3. The summed E-state index contributed by atoms with van der Waals surface area (Å²) in [6.45, 7) is 8.05. The first-order valence-electron chi connectivity index (χ1n) is 8.24. The summed E-state index contributed by atoms with van der Waals surface area (Å²) in [5.74, 6) is 0.302. The van der Waals surface area contributed by atoms with E-state index in [1.807, 2.05) is 13.8 Å². The molecule has 1 aromatic rings. The second-order valence-electron chi connectivity index (χ2n) is 6.44. The van der Waals surface area contributed by atoms with Crippen molar-refractivity contribution in [3.63, 3.8) is 0 Å². The molecule has 0 N–H and O–H groups in total. The number of amides is 3. The number of hydrogen-bond donors (Lipinski definition) is 0. The molecule has 1 fully saturated rings. The molecule has 0 radical (unpaired) electrons. The van der Waals surface area contributed by atoms with Gasteiger partial charge in [0.05, 0.1) is 12.8 Å². The van der Waals surface area contributed by atoms with Crippen LogP contribution in [0.2, 0.25) is 0 Å². The zero-order chi connectivity index (χ0) is 17.7. The van der Waals surface area contributed by atoms with Crippen molar-refractivity contribution in [3.8, 4) is 0 Å². The summed E-state index contributed by atoms with van der Waals surface area (Å²) in [5.41, 5.74) is 0. The Bertz CT molecular complexity index is 575. The first kappa shape index (κ1) is 18.0. The topological polar surface area (TPSA) is 74.1 Å². The van der Waals surface area contributed by atoms with Gasteiger partial charge in [0.2, 0.25) is 11.8 Å². The fourth-order valence-corrected chi connectivity index (χ4v) is 2.72. The molecule has 7 heteroatoms. The van der Waals surface area contributed by atoms with Gasteiger partial charge in [-0.15, -0.1) is 0 Å². The second kappa shape index (κ2) is 7.99. The summed E-state index contributed by atoms with van der Waals surface area (Å²) in [6, 6.07) is 3.31. The Labute approximate surface area is 142 Å². The van der Waals surface area contributed by atoms with Gasteiger partial charge in [0.1, 0.15) is 0 Å². The van der Waals surface area contributed by atoms with Crippen molar-refractivity contribution in [3.05, 3.63) is 24.2 Å². The zero-order valence-corrected chi connectivity index (χ0v) is 14.5. The highest BCUT2D eigenvalue weighted by atomic mass is 16.3. The Hall–Kier alpha value is -2.31. The van der Waals surface area contributed by atoms with Gasteiger partial charge in [0.25, 0.3) is 5.91 Å². The van der Waals surface area contributed by atoms with E-state index in [1.165, 1.54) is 13.2 Å². The van der Waals surface area contributed by atoms with Crippen LogP contribution in [0.15, 0.2) is 22.8 Å². The normalized spacial score (nSPS) is 14.8. The van der Waals surface area contributed by atoms with E-state index in [-0.39, 0.29) is 24.3 Å². The molecule has 0 spiro atoms. The van der Waals surface area contributed by atoms with Gasteiger partial charge in [-0.1, -0.05) is 13.8 Å². The van der Waals surface area contributed by atoms with Crippen LogP contribution in [0.3, 0.4) is 0 Å². The van der Waals surface area contributed by atoms with E-state index in [0.29, 0.717) is 44.4 Å². The van der Waals surface area contributed by atoms with Gasteiger partial charge < -0.3 is 19.1 Å². The van der Waals surface area contributed by atoms with E-state index in [0.717, 1.165) is 0 Å². The minimum absolute atomic E-state index is 0.0732. The number of carbonyl (C=O) groups is 3. The maximum absolute atomic E-state index is 12.4. The second-order valence-corrected chi connectivity index (χ2v) is 6.44. The smallest absolute Gasteiger partial charge is 0.289 e. The molecule has 2 heterocycles. The first-order valence-corrected chi connectivity index (χ1v) is 8.24. The molecule has 0 aromatic carbocycles. The number of piperazine rings is 1. The van der Waals surface area contributed by atoms with E-state index in [1.54, 1.807) is 26.8 Å². The lowest BCUT2D eigenvalue weighted by molar-refractivity contribution is -0.140. The van der Waals surface area contributed by atoms with Crippen LogP contribution >= 0.6 is 0 Å². The van der Waals surface area contributed by atoms with Crippen LogP contribution in [-0.2, 0) is 9.59 Å². The van der Waals surface area contributed by atoms with Gasteiger partial charge in [0, 0.05) is 39.6 Å². The van der Waals surface area contributed by atoms with Crippen molar-refractivity contribution in [1.82, 2.24) is 14.7 Å². The Balaban J connectivity index is 1.86. The molecule has 132 valence electrons. The highest BCUT2D eigenvalue weighted by molar-refractivity contribution is 5.91. The summed E-state index contributed by atoms with van der Waals surface area (Å²) in [5, 5.41) is 0. The van der Waals surface area contributed by atoms with Crippen LogP contribution in [0.25, 0.3) is 0 Å². The Morgan fingerprint density at radius 3 is 2.29 bits per heavy atom. The molecule has 1 aliphatic rings. The lowest BCUT2D eigenvalue weighted by Gasteiger charge is -2.35. The molecule has 0 saturated carbocycles. The fraction of sp³-hybridized carbons (Fsp3) is 0.588. The highest BCUT2D eigenvalue weighted by Crippen LogP contribution is 2.10. The van der Waals surface area contributed by atoms with Gasteiger partial charge >= 0.3 is 0 Å². The number of hydrogen-bond acceptors (Lipinski definition) is 4. The molecule has 0 unspecified atom stereocenters. The van der Waals surface area contributed by atoms with Crippen molar-refractivity contribution < 1.29 is 18.8 Å². The lowest BCUT2D eigenvalue weighted by atomic mass is 10.2. The predicted molar refractivity (Wildman–Crippen MR) is 88.3 cm³/mol. The molecule has 1 saturated heterocycles. The maximum atomic E-state index is 12.4. The Kier molecular flexibility index (Phi) is 6.00. The standard InChI is InChI=1S/C17H25N3O4/c1-13(2)11-20(14(3)21)12-16(22)18-6-8-19(9-7-18)17(23)15-5-4-10-24-15/h4-5,10,13H,6-9,11-12H2,1-3H3. The molecule has 24 heavy (non-hydrogen) atoms. The molecule has 0 aliphatic carbocycles. The molecular weight excluding hydrogens is 310 g/mol. The first-order chi connectivity index (χ1) is 11.4. The fourth-order valence-electron chi connectivity index (χ4n) is 2.72. The van der Waals surface area contributed by atoms with Crippen LogP contribution in [0.1, 0.15) is 31.3 Å². The number of rotatable bonds is 5. The molecule has 0 bridgehead atoms. The van der Waals surface area contributed by atoms with Crippen molar-refractivity contribution in [1.29, 1.82) is 0 Å². The van der Waals surface area contributed by atoms with Crippen molar-refractivity contribution in [2.24, 2.45) is 5.92 Å². The molecule has 1 aromatic heterocycles. The third-order valence-electron chi connectivity index (χ3n) is 4.01. The van der Waals surface area contributed by atoms with E-state index >= 15 is 0 Å². The van der Waals surface area contributed by atoms with Gasteiger partial charge in [-0.25, -0.2) is 0 Å². The SMILES string of the molecule is CC(=O)N(CC(=O)N1CCN(C(=O)c2ccco2)CC1)CC(C)C. The van der Waals surface area contributed by atoms with E-state index in [4.69, 9.17) is 4.42 Å². The van der Waals surface area contributed by atoms with E-state index in [2.05, 4.69) is 0 Å². The van der Waals surface area contributed by atoms with Gasteiger partial charge in [-0.05, 0) is 18.1 Å². The molecule has 1 aliphatic heterocycles. The molecule has 0 atom stereocenters. The third-order valence-corrected chi connectivity index (χ3v) is 4.01. The van der Waals surface area contributed by atoms with Gasteiger partial charge in [-0.3, -0.25) is 14.4 Å². The van der Waals surface area contributed by atoms with Crippen molar-refractivity contribution >= 4 is 17.7 Å². The van der Waals surface area contributed by atoms with Gasteiger partial charge in [0.15, 0.2) is 5.76 Å². The lowest BCUT2D eigenvalue weighted by Crippen LogP contribution is -2.53. The van der Waals surface area contributed by atoms with Crippen LogP contribution in [0.4, 0.5) is 0 Å². The summed E-state index contributed by atoms with van der Waals surface area (Å²) >= 11 is 0. The van der Waals surface area contributed by atoms with Crippen molar-refractivity contribution in [2.75, 3.05) is 39.3 Å². The van der Waals surface area contributed by atoms with Gasteiger partial charge in [-0.2, -0.15) is 0 Å². The molecule has 2 rings (SSSR count). The highest BCUT2D eigenvalue weighted by Gasteiger charge is 2.27. The summed E-state index contributed by atoms with van der Waals surface area (Å²) in [4.78, 5) is 41.2. The van der Waals surface area contributed by atoms with Crippen LogP contribution in [0.5, 0.6) is 0 Å². The summed E-state index contributed by atoms with van der Waals surface area (Å²) in [6.07, 6.45) is 1.47. The largest absolute Gasteiger partial charge is 0.459 e. The summed E-state index contributed by atoms with van der Waals surface area (Å²) < 4.78 is 5.12. The average Bonchev–Trinajstić information content (AvgIpc) is 3.07. The van der Waals surface area contributed by atoms with E-state index in [9.17, 15) is 14.4 Å². The van der Waals surface area contributed by atoms with Crippen LogP contribution in [-0.4, -0.2) is 71.7 Å². The monoisotopic (exact) mass is 335 g/mol. The molecule has 7 nitrogen and oxygen atoms in total.